The molecule has 0 saturated heterocycles. The highest BCUT2D eigenvalue weighted by molar-refractivity contribution is 6.31. The summed E-state index contributed by atoms with van der Waals surface area (Å²) in [6.07, 6.45) is 2.12. The van der Waals surface area contributed by atoms with E-state index < -0.39 is 0 Å². The Morgan fingerprint density at radius 1 is 1.38 bits per heavy atom. The lowest BCUT2D eigenvalue weighted by molar-refractivity contribution is 0.172. The average molecular weight is 242 g/mol. The van der Waals surface area contributed by atoms with Gasteiger partial charge in [0.05, 0.1) is 6.61 Å². The summed E-state index contributed by atoms with van der Waals surface area (Å²) in [4.78, 5) is 0. The summed E-state index contributed by atoms with van der Waals surface area (Å²) in [7, 11) is 1.72. The highest BCUT2D eigenvalue weighted by Crippen LogP contribution is 2.16. The molecule has 0 aliphatic rings. The number of methoxy groups -OCH3 is 1. The molecule has 1 rings (SSSR count). The molecule has 0 amide bonds. The van der Waals surface area contributed by atoms with Gasteiger partial charge in [0.2, 0.25) is 0 Å². The SMILES string of the molecule is COCC(C)NCCCc1ccccc1Cl. The third-order valence-corrected chi connectivity index (χ3v) is 2.86. The molecule has 1 aromatic carbocycles. The van der Waals surface area contributed by atoms with Gasteiger partial charge in [-0.2, -0.15) is 0 Å². The van der Waals surface area contributed by atoms with E-state index in [0.717, 1.165) is 31.0 Å². The Labute approximate surface area is 103 Å². The second-order valence-corrected chi connectivity index (χ2v) is 4.41. The fourth-order valence-electron chi connectivity index (χ4n) is 1.64. The number of benzene rings is 1. The van der Waals surface area contributed by atoms with Crippen molar-refractivity contribution in [2.75, 3.05) is 20.3 Å². The number of rotatable bonds is 7. The minimum absolute atomic E-state index is 0.413. The molecule has 1 aromatic rings. The summed E-state index contributed by atoms with van der Waals surface area (Å²) in [5.74, 6) is 0. The minimum atomic E-state index is 0.413. The average Bonchev–Trinajstić information content (AvgIpc) is 2.27. The second-order valence-electron chi connectivity index (χ2n) is 4.01. The van der Waals surface area contributed by atoms with Crippen molar-refractivity contribution in [2.24, 2.45) is 0 Å². The maximum atomic E-state index is 6.08. The predicted molar refractivity (Wildman–Crippen MR) is 69.1 cm³/mol. The van der Waals surface area contributed by atoms with Gasteiger partial charge in [-0.25, -0.2) is 0 Å². The molecule has 16 heavy (non-hydrogen) atoms. The molecule has 1 N–H and O–H groups in total. The highest BCUT2D eigenvalue weighted by atomic mass is 35.5. The minimum Gasteiger partial charge on any atom is -0.383 e. The molecule has 90 valence electrons. The Balaban J connectivity index is 2.19. The first-order valence-corrected chi connectivity index (χ1v) is 6.07. The van der Waals surface area contributed by atoms with Gasteiger partial charge in [-0.3, -0.25) is 0 Å². The fraction of sp³-hybridized carbons (Fsp3) is 0.538. The van der Waals surface area contributed by atoms with Crippen LogP contribution in [0.25, 0.3) is 0 Å². The van der Waals surface area contributed by atoms with Crippen LogP contribution >= 0.6 is 11.6 Å². The number of hydrogen-bond donors (Lipinski definition) is 1. The van der Waals surface area contributed by atoms with Gasteiger partial charge < -0.3 is 10.1 Å². The smallest absolute Gasteiger partial charge is 0.0613 e. The summed E-state index contributed by atoms with van der Waals surface area (Å²) in [5.41, 5.74) is 1.23. The van der Waals surface area contributed by atoms with Crippen LogP contribution in [0.3, 0.4) is 0 Å². The van der Waals surface area contributed by atoms with Crippen LogP contribution in [0.5, 0.6) is 0 Å². The van der Waals surface area contributed by atoms with Crippen LogP contribution in [0.15, 0.2) is 24.3 Å². The molecular weight excluding hydrogens is 222 g/mol. The van der Waals surface area contributed by atoms with Crippen LogP contribution in [-0.4, -0.2) is 26.3 Å². The molecule has 2 nitrogen and oxygen atoms in total. The Kier molecular flexibility index (Phi) is 6.46. The molecule has 0 radical (unpaired) electrons. The van der Waals surface area contributed by atoms with E-state index in [-0.39, 0.29) is 0 Å². The van der Waals surface area contributed by atoms with E-state index in [1.165, 1.54) is 5.56 Å². The van der Waals surface area contributed by atoms with Crippen LogP contribution in [0.4, 0.5) is 0 Å². The maximum absolute atomic E-state index is 6.08. The summed E-state index contributed by atoms with van der Waals surface area (Å²) in [5, 5.41) is 4.27. The van der Waals surface area contributed by atoms with Crippen molar-refractivity contribution in [1.29, 1.82) is 0 Å². The number of aryl methyl sites for hydroxylation is 1. The van der Waals surface area contributed by atoms with Crippen molar-refractivity contribution in [3.8, 4) is 0 Å². The molecule has 0 fully saturated rings. The number of hydrogen-bond acceptors (Lipinski definition) is 2. The van der Waals surface area contributed by atoms with E-state index in [1.54, 1.807) is 7.11 Å². The van der Waals surface area contributed by atoms with Crippen molar-refractivity contribution in [3.05, 3.63) is 34.9 Å². The van der Waals surface area contributed by atoms with Gasteiger partial charge in [0.1, 0.15) is 0 Å². The third-order valence-electron chi connectivity index (χ3n) is 2.49. The van der Waals surface area contributed by atoms with Crippen LogP contribution in [0, 0.1) is 0 Å². The van der Waals surface area contributed by atoms with Crippen LogP contribution < -0.4 is 5.32 Å². The Hall–Kier alpha value is -0.570. The molecule has 0 aliphatic heterocycles. The fourth-order valence-corrected chi connectivity index (χ4v) is 1.87. The van der Waals surface area contributed by atoms with Crippen molar-refractivity contribution < 1.29 is 4.74 Å². The number of nitrogens with one attached hydrogen (secondary N) is 1. The molecule has 3 heteroatoms. The van der Waals surface area contributed by atoms with Crippen LogP contribution in [0.1, 0.15) is 18.9 Å². The van der Waals surface area contributed by atoms with E-state index in [1.807, 2.05) is 18.2 Å². The molecule has 0 spiro atoms. The lowest BCUT2D eigenvalue weighted by Crippen LogP contribution is -2.31. The van der Waals surface area contributed by atoms with Crippen molar-refractivity contribution in [1.82, 2.24) is 5.32 Å². The largest absolute Gasteiger partial charge is 0.383 e. The Morgan fingerprint density at radius 2 is 2.12 bits per heavy atom. The second kappa shape index (κ2) is 7.66. The molecule has 1 atom stereocenters. The van der Waals surface area contributed by atoms with Gasteiger partial charge in [-0.1, -0.05) is 29.8 Å². The summed E-state index contributed by atoms with van der Waals surface area (Å²) in [6.45, 7) is 3.88. The molecule has 0 saturated carbocycles. The Morgan fingerprint density at radius 3 is 2.81 bits per heavy atom. The van der Waals surface area contributed by atoms with Crippen molar-refractivity contribution in [2.45, 2.75) is 25.8 Å². The summed E-state index contributed by atoms with van der Waals surface area (Å²) in [6, 6.07) is 8.43. The monoisotopic (exact) mass is 241 g/mol. The molecule has 0 bridgehead atoms. The van der Waals surface area contributed by atoms with Crippen molar-refractivity contribution >= 4 is 11.6 Å². The van der Waals surface area contributed by atoms with Gasteiger partial charge in [-0.15, -0.1) is 0 Å². The predicted octanol–water partition coefficient (Wildman–Crippen LogP) is 2.90. The van der Waals surface area contributed by atoms with Crippen LogP contribution in [0.2, 0.25) is 5.02 Å². The third kappa shape index (κ3) is 4.97. The molecule has 0 heterocycles. The first-order valence-electron chi connectivity index (χ1n) is 5.69. The first-order chi connectivity index (χ1) is 7.74. The van der Waals surface area contributed by atoms with E-state index in [0.29, 0.717) is 6.04 Å². The zero-order valence-electron chi connectivity index (χ0n) is 10.0. The van der Waals surface area contributed by atoms with Gasteiger partial charge in [-0.05, 0) is 37.9 Å². The molecule has 1 unspecified atom stereocenters. The van der Waals surface area contributed by atoms with Gasteiger partial charge in [0, 0.05) is 18.2 Å². The molecule has 0 aliphatic carbocycles. The molecular formula is C13H20ClNO. The number of ether oxygens (including phenoxy) is 1. The zero-order valence-corrected chi connectivity index (χ0v) is 10.8. The van der Waals surface area contributed by atoms with E-state index in [2.05, 4.69) is 18.3 Å². The summed E-state index contributed by atoms with van der Waals surface area (Å²) >= 11 is 6.08. The highest BCUT2D eigenvalue weighted by Gasteiger charge is 2.01. The normalized spacial score (nSPS) is 12.7. The lowest BCUT2D eigenvalue weighted by Gasteiger charge is -2.12. The number of halogens is 1. The van der Waals surface area contributed by atoms with E-state index >= 15 is 0 Å². The molecule has 0 aromatic heterocycles. The standard InChI is InChI=1S/C13H20ClNO/c1-11(10-16-2)15-9-5-7-12-6-3-4-8-13(12)14/h3-4,6,8,11,15H,5,7,9-10H2,1-2H3. The summed E-state index contributed by atoms with van der Waals surface area (Å²) < 4.78 is 5.05. The van der Waals surface area contributed by atoms with E-state index in [9.17, 15) is 0 Å². The maximum Gasteiger partial charge on any atom is 0.0613 e. The van der Waals surface area contributed by atoms with Gasteiger partial charge in [0.15, 0.2) is 0 Å². The zero-order chi connectivity index (χ0) is 11.8. The first kappa shape index (κ1) is 13.5. The Bertz CT molecular complexity index is 304. The van der Waals surface area contributed by atoms with Crippen molar-refractivity contribution in [3.63, 3.8) is 0 Å². The van der Waals surface area contributed by atoms with E-state index in [4.69, 9.17) is 16.3 Å². The van der Waals surface area contributed by atoms with Crippen LogP contribution in [-0.2, 0) is 11.2 Å². The topological polar surface area (TPSA) is 21.3 Å². The quantitative estimate of drug-likeness (QED) is 0.742. The van der Waals surface area contributed by atoms with Gasteiger partial charge in [0.25, 0.3) is 0 Å². The lowest BCUT2D eigenvalue weighted by atomic mass is 10.1. The van der Waals surface area contributed by atoms with Gasteiger partial charge >= 0.3 is 0 Å².